The molecule has 2 rings (SSSR count). The fraction of sp³-hybridized carbons (Fsp3) is 0.571. The second-order valence-corrected chi connectivity index (χ2v) is 5.30. The summed E-state index contributed by atoms with van der Waals surface area (Å²) in [5, 5.41) is 12.8. The Hall–Kier alpha value is -1.37. The minimum atomic E-state index is -0.317. The molecule has 1 aliphatic heterocycles. The van der Waals surface area contributed by atoms with E-state index in [1.807, 2.05) is 6.92 Å². The van der Waals surface area contributed by atoms with E-state index in [0.717, 1.165) is 13.0 Å². The van der Waals surface area contributed by atoms with Crippen LogP contribution >= 0.6 is 11.6 Å². The van der Waals surface area contributed by atoms with Gasteiger partial charge in [-0.15, -0.1) is 0 Å². The van der Waals surface area contributed by atoms with Gasteiger partial charge in [-0.1, -0.05) is 18.5 Å². The predicted molar refractivity (Wildman–Crippen MR) is 80.8 cm³/mol. The van der Waals surface area contributed by atoms with Crippen LogP contribution < -0.4 is 5.32 Å². The highest BCUT2D eigenvalue weighted by Crippen LogP contribution is 2.22. The summed E-state index contributed by atoms with van der Waals surface area (Å²) < 4.78 is 5.27. The zero-order valence-electron chi connectivity index (χ0n) is 12.0. The van der Waals surface area contributed by atoms with Crippen molar-refractivity contribution < 1.29 is 14.6 Å². The van der Waals surface area contributed by atoms with Gasteiger partial charge in [0.15, 0.2) is 0 Å². The standard InChI is InChI=1S/C14H20ClN3O3/c1-2-3-16-13-12(15)6-10(7-17-13)14(20)18-4-5-21-9-11(18)8-19/h6-7,11,19H,2-5,8-9H2,1H3,(H,16,17). The molecule has 0 aliphatic carbocycles. The number of nitrogens with one attached hydrogen (secondary N) is 1. The number of ether oxygens (including phenoxy) is 1. The number of hydrogen-bond donors (Lipinski definition) is 2. The monoisotopic (exact) mass is 313 g/mol. The topological polar surface area (TPSA) is 74.7 Å². The van der Waals surface area contributed by atoms with Crippen molar-refractivity contribution in [3.8, 4) is 0 Å². The van der Waals surface area contributed by atoms with Crippen molar-refractivity contribution in [2.45, 2.75) is 19.4 Å². The lowest BCUT2D eigenvalue weighted by Gasteiger charge is -2.34. The van der Waals surface area contributed by atoms with Crippen LogP contribution in [0.3, 0.4) is 0 Å². The average Bonchev–Trinajstić information content (AvgIpc) is 2.53. The molecule has 21 heavy (non-hydrogen) atoms. The highest BCUT2D eigenvalue weighted by atomic mass is 35.5. The van der Waals surface area contributed by atoms with Crippen LogP contribution in [0.5, 0.6) is 0 Å². The molecule has 0 saturated carbocycles. The Balaban J connectivity index is 2.13. The van der Waals surface area contributed by atoms with E-state index >= 15 is 0 Å². The van der Waals surface area contributed by atoms with E-state index in [4.69, 9.17) is 16.3 Å². The van der Waals surface area contributed by atoms with Crippen molar-refractivity contribution in [2.24, 2.45) is 0 Å². The fourth-order valence-corrected chi connectivity index (χ4v) is 2.40. The molecular weight excluding hydrogens is 294 g/mol. The number of aliphatic hydroxyl groups is 1. The molecular formula is C14H20ClN3O3. The van der Waals surface area contributed by atoms with E-state index in [-0.39, 0.29) is 18.6 Å². The zero-order chi connectivity index (χ0) is 15.2. The third kappa shape index (κ3) is 3.84. The Labute approximate surface area is 129 Å². The highest BCUT2D eigenvalue weighted by molar-refractivity contribution is 6.33. The Bertz CT molecular complexity index is 498. The van der Waals surface area contributed by atoms with Crippen molar-refractivity contribution in [3.05, 3.63) is 22.8 Å². The summed E-state index contributed by atoms with van der Waals surface area (Å²) in [6.07, 6.45) is 2.47. The molecule has 1 saturated heterocycles. The minimum Gasteiger partial charge on any atom is -0.394 e. The first-order valence-electron chi connectivity index (χ1n) is 7.06. The Morgan fingerprint density at radius 1 is 1.67 bits per heavy atom. The Kier molecular flexibility index (Phi) is 5.78. The fourth-order valence-electron chi connectivity index (χ4n) is 2.17. The van der Waals surface area contributed by atoms with E-state index in [9.17, 15) is 9.90 Å². The second kappa shape index (κ2) is 7.59. The van der Waals surface area contributed by atoms with E-state index in [1.165, 1.54) is 6.20 Å². The van der Waals surface area contributed by atoms with Gasteiger partial charge in [-0.2, -0.15) is 0 Å². The van der Waals surface area contributed by atoms with Crippen molar-refractivity contribution >= 4 is 23.3 Å². The zero-order valence-corrected chi connectivity index (χ0v) is 12.8. The first kappa shape index (κ1) is 16.0. The Morgan fingerprint density at radius 2 is 2.48 bits per heavy atom. The largest absolute Gasteiger partial charge is 0.394 e. The van der Waals surface area contributed by atoms with E-state index in [2.05, 4.69) is 10.3 Å². The van der Waals surface area contributed by atoms with Gasteiger partial charge in [0.2, 0.25) is 0 Å². The molecule has 1 aromatic heterocycles. The molecule has 2 N–H and O–H groups in total. The van der Waals surface area contributed by atoms with Crippen molar-refractivity contribution in [2.75, 3.05) is 38.2 Å². The molecule has 1 aliphatic rings. The molecule has 7 heteroatoms. The maximum atomic E-state index is 12.5. The van der Waals surface area contributed by atoms with Gasteiger partial charge >= 0.3 is 0 Å². The number of aromatic nitrogens is 1. The van der Waals surface area contributed by atoms with E-state index < -0.39 is 0 Å². The summed E-state index contributed by atoms with van der Waals surface area (Å²) in [7, 11) is 0. The second-order valence-electron chi connectivity index (χ2n) is 4.89. The van der Waals surface area contributed by atoms with Crippen LogP contribution in [-0.2, 0) is 4.74 Å². The molecule has 6 nitrogen and oxygen atoms in total. The van der Waals surface area contributed by atoms with Gasteiger partial charge in [0.25, 0.3) is 5.91 Å². The summed E-state index contributed by atoms with van der Waals surface area (Å²) in [6, 6.07) is 1.29. The van der Waals surface area contributed by atoms with Gasteiger partial charge in [-0.3, -0.25) is 4.79 Å². The lowest BCUT2D eigenvalue weighted by molar-refractivity contribution is -0.0184. The van der Waals surface area contributed by atoms with Crippen LogP contribution in [0.25, 0.3) is 0 Å². The highest BCUT2D eigenvalue weighted by Gasteiger charge is 2.28. The van der Waals surface area contributed by atoms with Crippen LogP contribution in [0, 0.1) is 0 Å². The summed E-state index contributed by atoms with van der Waals surface area (Å²) >= 11 is 6.15. The van der Waals surface area contributed by atoms with Gasteiger partial charge in [0, 0.05) is 19.3 Å². The molecule has 0 spiro atoms. The van der Waals surface area contributed by atoms with Crippen molar-refractivity contribution in [1.82, 2.24) is 9.88 Å². The Morgan fingerprint density at radius 3 is 3.14 bits per heavy atom. The van der Waals surface area contributed by atoms with E-state index in [0.29, 0.717) is 36.2 Å². The number of halogens is 1. The normalized spacial score (nSPS) is 18.6. The summed E-state index contributed by atoms with van der Waals surface area (Å²) in [5.74, 6) is 0.393. The number of hydrogen-bond acceptors (Lipinski definition) is 5. The van der Waals surface area contributed by atoms with Crippen molar-refractivity contribution in [1.29, 1.82) is 0 Å². The van der Waals surface area contributed by atoms with Crippen LogP contribution in [0.15, 0.2) is 12.3 Å². The number of rotatable bonds is 5. The number of nitrogens with zero attached hydrogens (tertiary/aromatic N) is 2. The van der Waals surface area contributed by atoms with Gasteiger partial charge in [0.1, 0.15) is 5.82 Å². The summed E-state index contributed by atoms with van der Waals surface area (Å²) in [5.41, 5.74) is 0.419. The molecule has 2 heterocycles. The number of aliphatic hydroxyl groups excluding tert-OH is 1. The van der Waals surface area contributed by atoms with Crippen LogP contribution in [0.1, 0.15) is 23.7 Å². The SMILES string of the molecule is CCCNc1ncc(C(=O)N2CCOCC2CO)cc1Cl. The molecule has 0 radical (unpaired) electrons. The summed E-state index contributed by atoms with van der Waals surface area (Å²) in [6.45, 7) is 3.97. The number of pyridine rings is 1. The third-order valence-corrected chi connectivity index (χ3v) is 3.62. The van der Waals surface area contributed by atoms with Gasteiger partial charge in [-0.25, -0.2) is 4.98 Å². The minimum absolute atomic E-state index is 0.122. The first-order valence-corrected chi connectivity index (χ1v) is 7.44. The molecule has 1 unspecified atom stereocenters. The molecule has 0 aromatic carbocycles. The van der Waals surface area contributed by atoms with Gasteiger partial charge < -0.3 is 20.1 Å². The summed E-state index contributed by atoms with van der Waals surface area (Å²) in [4.78, 5) is 18.3. The maximum Gasteiger partial charge on any atom is 0.255 e. The average molecular weight is 314 g/mol. The lowest BCUT2D eigenvalue weighted by atomic mass is 10.2. The number of carbonyl (C=O) groups is 1. The van der Waals surface area contributed by atoms with Crippen molar-refractivity contribution in [3.63, 3.8) is 0 Å². The predicted octanol–water partition coefficient (Wildman–Crippen LogP) is 1.39. The first-order chi connectivity index (χ1) is 10.2. The molecule has 1 fully saturated rings. The number of amides is 1. The lowest BCUT2D eigenvalue weighted by Crippen LogP contribution is -2.50. The molecule has 116 valence electrons. The molecule has 1 amide bonds. The smallest absolute Gasteiger partial charge is 0.255 e. The molecule has 1 atom stereocenters. The molecule has 0 bridgehead atoms. The van der Waals surface area contributed by atoms with Crippen LogP contribution in [-0.4, -0.2) is 59.8 Å². The quantitative estimate of drug-likeness (QED) is 0.859. The maximum absolute atomic E-state index is 12.5. The molecule has 1 aromatic rings. The number of anilines is 1. The van der Waals surface area contributed by atoms with Gasteiger partial charge in [0.05, 0.1) is 36.4 Å². The van der Waals surface area contributed by atoms with Crippen LogP contribution in [0.4, 0.5) is 5.82 Å². The third-order valence-electron chi connectivity index (χ3n) is 3.33. The van der Waals surface area contributed by atoms with E-state index in [1.54, 1.807) is 11.0 Å². The number of morpholine rings is 1. The number of carbonyl (C=O) groups excluding carboxylic acids is 1. The van der Waals surface area contributed by atoms with Crippen LogP contribution in [0.2, 0.25) is 5.02 Å². The van der Waals surface area contributed by atoms with Gasteiger partial charge in [-0.05, 0) is 12.5 Å².